The number of rotatable bonds is 6. The van der Waals surface area contributed by atoms with Gasteiger partial charge in [-0.2, -0.15) is 5.26 Å². The van der Waals surface area contributed by atoms with Crippen LogP contribution in [0.5, 0.6) is 5.75 Å². The van der Waals surface area contributed by atoms with Crippen LogP contribution in [0.4, 0.5) is 4.79 Å². The molecule has 3 rings (SSSR count). The summed E-state index contributed by atoms with van der Waals surface area (Å²) in [6, 6.07) is 19.3. The van der Waals surface area contributed by atoms with Gasteiger partial charge in [0.25, 0.3) is 0 Å². The summed E-state index contributed by atoms with van der Waals surface area (Å²) in [6.45, 7) is 5.18. The monoisotopic (exact) mass is 379 g/mol. The molecule has 1 atom stereocenters. The number of carbonyl (C=O) groups excluding carboxylic acids is 1. The minimum atomic E-state index is -0.335. The van der Waals surface area contributed by atoms with E-state index in [2.05, 4.69) is 11.0 Å². The summed E-state index contributed by atoms with van der Waals surface area (Å²) in [4.78, 5) is 16.1. The van der Waals surface area contributed by atoms with E-state index in [0.717, 1.165) is 16.9 Å². The summed E-state index contributed by atoms with van der Waals surface area (Å²) in [5, 5.41) is 9.66. The van der Waals surface area contributed by atoms with Crippen LogP contribution in [-0.4, -0.2) is 48.7 Å². The maximum Gasteiger partial charge on any atom is 0.410 e. The highest BCUT2D eigenvalue weighted by Gasteiger charge is 2.27. The number of ether oxygens (including phenoxy) is 2. The second-order valence-electron chi connectivity index (χ2n) is 6.60. The van der Waals surface area contributed by atoms with Gasteiger partial charge in [0.1, 0.15) is 18.4 Å². The number of benzene rings is 2. The van der Waals surface area contributed by atoms with E-state index in [1.54, 1.807) is 4.90 Å². The summed E-state index contributed by atoms with van der Waals surface area (Å²) in [6.07, 6.45) is -0.307. The topological polar surface area (TPSA) is 65.8 Å². The van der Waals surface area contributed by atoms with Gasteiger partial charge in [0.05, 0.1) is 12.7 Å². The molecule has 1 saturated heterocycles. The molecule has 2 aromatic carbocycles. The third-order valence-corrected chi connectivity index (χ3v) is 4.77. The van der Waals surface area contributed by atoms with Crippen molar-refractivity contribution in [3.8, 4) is 11.8 Å². The highest BCUT2D eigenvalue weighted by atomic mass is 16.6. The molecule has 0 bridgehead atoms. The maximum atomic E-state index is 12.3. The van der Waals surface area contributed by atoms with Gasteiger partial charge in [-0.05, 0) is 30.2 Å². The van der Waals surface area contributed by atoms with E-state index in [9.17, 15) is 10.1 Å². The molecule has 0 radical (unpaired) electrons. The molecule has 0 aliphatic carbocycles. The Hall–Kier alpha value is -3.04. The highest BCUT2D eigenvalue weighted by Crippen LogP contribution is 2.24. The Balaban J connectivity index is 1.51. The van der Waals surface area contributed by atoms with Gasteiger partial charge in [-0.1, -0.05) is 42.5 Å². The van der Waals surface area contributed by atoms with E-state index in [1.807, 2.05) is 61.5 Å². The van der Waals surface area contributed by atoms with Gasteiger partial charge in [-0.3, -0.25) is 4.90 Å². The van der Waals surface area contributed by atoms with Crippen molar-refractivity contribution >= 4 is 6.09 Å². The van der Waals surface area contributed by atoms with Crippen LogP contribution in [-0.2, 0) is 11.3 Å². The smallest absolute Gasteiger partial charge is 0.410 e. The number of nitriles is 1. The molecular formula is C22H25N3O3. The van der Waals surface area contributed by atoms with Crippen LogP contribution >= 0.6 is 0 Å². The third kappa shape index (κ3) is 5.02. The van der Waals surface area contributed by atoms with Gasteiger partial charge in [-0.25, -0.2) is 4.79 Å². The number of hydrogen-bond donors (Lipinski definition) is 0. The molecule has 2 aromatic rings. The Morgan fingerprint density at radius 3 is 2.36 bits per heavy atom. The van der Waals surface area contributed by atoms with E-state index in [1.165, 1.54) is 0 Å². The molecule has 0 spiro atoms. The third-order valence-electron chi connectivity index (χ3n) is 4.77. The molecule has 0 saturated carbocycles. The fraction of sp³-hybridized carbons (Fsp3) is 0.364. The zero-order valence-corrected chi connectivity index (χ0v) is 16.1. The highest BCUT2D eigenvalue weighted by molar-refractivity contribution is 5.67. The minimum Gasteiger partial charge on any atom is -0.494 e. The Morgan fingerprint density at radius 2 is 1.75 bits per heavy atom. The van der Waals surface area contributed by atoms with Crippen molar-refractivity contribution in [2.45, 2.75) is 19.6 Å². The molecular weight excluding hydrogens is 354 g/mol. The molecule has 1 unspecified atom stereocenters. The minimum absolute atomic E-state index is 0.271. The summed E-state index contributed by atoms with van der Waals surface area (Å²) >= 11 is 0. The van der Waals surface area contributed by atoms with Crippen molar-refractivity contribution in [3.05, 3.63) is 65.7 Å². The van der Waals surface area contributed by atoms with E-state index in [4.69, 9.17) is 9.47 Å². The normalized spacial score (nSPS) is 15.5. The lowest BCUT2D eigenvalue weighted by atomic mass is 10.1. The zero-order valence-electron chi connectivity index (χ0n) is 16.1. The lowest BCUT2D eigenvalue weighted by Crippen LogP contribution is -2.49. The van der Waals surface area contributed by atoms with Gasteiger partial charge in [0, 0.05) is 26.2 Å². The van der Waals surface area contributed by atoms with E-state index in [0.29, 0.717) is 32.8 Å². The second-order valence-corrected chi connectivity index (χ2v) is 6.60. The molecule has 6 nitrogen and oxygen atoms in total. The first kappa shape index (κ1) is 19.7. The average Bonchev–Trinajstić information content (AvgIpc) is 2.75. The zero-order chi connectivity index (χ0) is 19.8. The second kappa shape index (κ2) is 9.77. The molecule has 6 heteroatoms. The molecule has 146 valence electrons. The number of amides is 1. The first-order chi connectivity index (χ1) is 13.7. The van der Waals surface area contributed by atoms with E-state index in [-0.39, 0.29) is 18.7 Å². The molecule has 0 aromatic heterocycles. The molecule has 1 amide bonds. The lowest BCUT2D eigenvalue weighted by molar-refractivity contribution is 0.0661. The van der Waals surface area contributed by atoms with Crippen molar-refractivity contribution in [1.82, 2.24) is 9.80 Å². The van der Waals surface area contributed by atoms with Crippen molar-refractivity contribution in [2.75, 3.05) is 32.8 Å². The van der Waals surface area contributed by atoms with Crippen LogP contribution < -0.4 is 4.74 Å². The fourth-order valence-electron chi connectivity index (χ4n) is 3.25. The Kier molecular flexibility index (Phi) is 6.88. The number of piperazine rings is 1. The summed E-state index contributed by atoms with van der Waals surface area (Å²) in [5.74, 6) is 0.800. The largest absolute Gasteiger partial charge is 0.494 e. The van der Waals surface area contributed by atoms with E-state index < -0.39 is 0 Å². The number of hydrogen-bond acceptors (Lipinski definition) is 5. The first-order valence-electron chi connectivity index (χ1n) is 9.53. The standard InChI is InChI=1S/C22H25N3O3/c1-2-27-20-10-8-19(9-11-20)21(16-23)24-12-14-25(15-13-24)22(26)28-17-18-6-4-3-5-7-18/h3-11,21H,2,12-15,17H2,1H3. The molecule has 28 heavy (non-hydrogen) atoms. The first-order valence-corrected chi connectivity index (χ1v) is 9.53. The van der Waals surface area contributed by atoms with Crippen LogP contribution in [0.25, 0.3) is 0 Å². The predicted octanol–water partition coefficient (Wildman–Crippen LogP) is 3.60. The Labute approximate surface area is 165 Å². The lowest BCUT2D eigenvalue weighted by Gasteiger charge is -2.36. The van der Waals surface area contributed by atoms with Crippen molar-refractivity contribution in [1.29, 1.82) is 5.26 Å². The SMILES string of the molecule is CCOc1ccc(C(C#N)N2CCN(C(=O)OCc3ccccc3)CC2)cc1. The number of nitrogens with zero attached hydrogens (tertiary/aromatic N) is 3. The van der Waals surface area contributed by atoms with Crippen LogP contribution in [0.2, 0.25) is 0 Å². The molecule has 1 fully saturated rings. The molecule has 1 aliphatic heterocycles. The summed E-state index contributed by atoms with van der Waals surface area (Å²) in [5.41, 5.74) is 1.90. The maximum absolute atomic E-state index is 12.3. The van der Waals surface area contributed by atoms with Gasteiger partial charge in [0.15, 0.2) is 0 Å². The van der Waals surface area contributed by atoms with Gasteiger partial charge in [0.2, 0.25) is 0 Å². The summed E-state index contributed by atoms with van der Waals surface area (Å²) < 4.78 is 10.9. The summed E-state index contributed by atoms with van der Waals surface area (Å²) in [7, 11) is 0. The Bertz CT molecular complexity index is 794. The van der Waals surface area contributed by atoms with E-state index >= 15 is 0 Å². The van der Waals surface area contributed by atoms with Crippen LogP contribution in [0.1, 0.15) is 24.1 Å². The fourth-order valence-corrected chi connectivity index (χ4v) is 3.25. The van der Waals surface area contributed by atoms with Gasteiger partial charge < -0.3 is 14.4 Å². The van der Waals surface area contributed by atoms with Crippen LogP contribution in [0, 0.1) is 11.3 Å². The quantitative estimate of drug-likeness (QED) is 0.767. The van der Waals surface area contributed by atoms with Gasteiger partial charge >= 0.3 is 6.09 Å². The molecule has 1 aliphatic rings. The van der Waals surface area contributed by atoms with Crippen LogP contribution in [0.3, 0.4) is 0 Å². The average molecular weight is 379 g/mol. The van der Waals surface area contributed by atoms with Crippen molar-refractivity contribution < 1.29 is 14.3 Å². The van der Waals surface area contributed by atoms with Crippen LogP contribution in [0.15, 0.2) is 54.6 Å². The van der Waals surface area contributed by atoms with Gasteiger partial charge in [-0.15, -0.1) is 0 Å². The van der Waals surface area contributed by atoms with Crippen molar-refractivity contribution in [3.63, 3.8) is 0 Å². The van der Waals surface area contributed by atoms with Crippen molar-refractivity contribution in [2.24, 2.45) is 0 Å². The Morgan fingerprint density at radius 1 is 1.07 bits per heavy atom. The molecule has 1 heterocycles. The number of carbonyl (C=O) groups is 1. The molecule has 0 N–H and O–H groups in total. The predicted molar refractivity (Wildman–Crippen MR) is 106 cm³/mol.